The molecule has 2 N–H and O–H groups in total. The van der Waals surface area contributed by atoms with Crippen LogP contribution in [0.3, 0.4) is 0 Å². The van der Waals surface area contributed by atoms with Gasteiger partial charge >= 0.3 is 5.97 Å². The predicted molar refractivity (Wildman–Crippen MR) is 81.0 cm³/mol. The zero-order valence-electron chi connectivity index (χ0n) is 12.5. The summed E-state index contributed by atoms with van der Waals surface area (Å²) in [5, 5.41) is 12.1. The van der Waals surface area contributed by atoms with Crippen LogP contribution in [-0.2, 0) is 16.0 Å². The molecule has 21 heavy (non-hydrogen) atoms. The van der Waals surface area contributed by atoms with Gasteiger partial charge in [-0.3, -0.25) is 9.59 Å². The van der Waals surface area contributed by atoms with Gasteiger partial charge in [0, 0.05) is 13.0 Å². The van der Waals surface area contributed by atoms with Crippen molar-refractivity contribution in [3.63, 3.8) is 0 Å². The third-order valence-electron chi connectivity index (χ3n) is 4.16. The normalized spacial score (nSPS) is 16.0. The summed E-state index contributed by atoms with van der Waals surface area (Å²) >= 11 is 0. The summed E-state index contributed by atoms with van der Waals surface area (Å²) in [6.45, 7) is 2.19. The Morgan fingerprint density at radius 3 is 2.71 bits per heavy atom. The number of aliphatic carboxylic acids is 1. The van der Waals surface area contributed by atoms with Crippen molar-refractivity contribution in [3.05, 3.63) is 35.4 Å². The number of benzene rings is 1. The van der Waals surface area contributed by atoms with E-state index < -0.39 is 11.9 Å². The summed E-state index contributed by atoms with van der Waals surface area (Å²) in [5.41, 5.74) is 2.11. The molecule has 0 bridgehead atoms. The number of aryl methyl sites for hydroxylation is 1. The molecule has 1 saturated carbocycles. The SMILES string of the molecule is Cc1cccc(CC(CNC(=O)CC2CCC2)C(=O)O)c1. The molecule has 1 aromatic carbocycles. The highest BCUT2D eigenvalue weighted by Gasteiger charge is 2.23. The van der Waals surface area contributed by atoms with Gasteiger partial charge in [-0.15, -0.1) is 0 Å². The maximum absolute atomic E-state index is 11.8. The van der Waals surface area contributed by atoms with Crippen LogP contribution in [-0.4, -0.2) is 23.5 Å². The number of carbonyl (C=O) groups is 2. The number of hydrogen-bond donors (Lipinski definition) is 2. The first-order valence-corrected chi connectivity index (χ1v) is 7.59. The number of hydrogen-bond acceptors (Lipinski definition) is 2. The van der Waals surface area contributed by atoms with Crippen molar-refractivity contribution in [2.24, 2.45) is 11.8 Å². The molecule has 1 fully saturated rings. The molecule has 114 valence electrons. The van der Waals surface area contributed by atoms with E-state index in [1.807, 2.05) is 31.2 Å². The van der Waals surface area contributed by atoms with Gasteiger partial charge in [0.15, 0.2) is 0 Å². The molecule has 0 aromatic heterocycles. The van der Waals surface area contributed by atoms with E-state index in [0.29, 0.717) is 18.8 Å². The molecule has 2 rings (SSSR count). The highest BCUT2D eigenvalue weighted by atomic mass is 16.4. The number of amides is 1. The monoisotopic (exact) mass is 289 g/mol. The molecule has 0 aliphatic heterocycles. The molecule has 1 amide bonds. The fourth-order valence-electron chi connectivity index (χ4n) is 2.64. The Morgan fingerprint density at radius 2 is 2.14 bits per heavy atom. The van der Waals surface area contributed by atoms with Gasteiger partial charge in [-0.25, -0.2) is 0 Å². The average Bonchev–Trinajstić information content (AvgIpc) is 2.38. The van der Waals surface area contributed by atoms with E-state index in [2.05, 4.69) is 5.32 Å². The molecule has 0 saturated heterocycles. The van der Waals surface area contributed by atoms with Crippen molar-refractivity contribution in [1.29, 1.82) is 0 Å². The first kappa shape index (κ1) is 15.5. The third-order valence-corrected chi connectivity index (χ3v) is 4.16. The first-order valence-electron chi connectivity index (χ1n) is 7.59. The van der Waals surface area contributed by atoms with Crippen LogP contribution >= 0.6 is 0 Å². The third kappa shape index (κ3) is 4.88. The smallest absolute Gasteiger partial charge is 0.308 e. The van der Waals surface area contributed by atoms with Crippen molar-refractivity contribution in [1.82, 2.24) is 5.32 Å². The highest BCUT2D eigenvalue weighted by Crippen LogP contribution is 2.29. The van der Waals surface area contributed by atoms with Gasteiger partial charge in [-0.1, -0.05) is 36.2 Å². The molecule has 1 aliphatic rings. The van der Waals surface area contributed by atoms with Crippen molar-refractivity contribution < 1.29 is 14.7 Å². The van der Waals surface area contributed by atoms with Gasteiger partial charge < -0.3 is 10.4 Å². The van der Waals surface area contributed by atoms with Gasteiger partial charge in [0.2, 0.25) is 5.91 Å². The van der Waals surface area contributed by atoms with Crippen LogP contribution < -0.4 is 5.32 Å². The lowest BCUT2D eigenvalue weighted by molar-refractivity contribution is -0.141. The Hall–Kier alpha value is -1.84. The molecular weight excluding hydrogens is 266 g/mol. The Bertz CT molecular complexity index is 509. The maximum atomic E-state index is 11.8. The largest absolute Gasteiger partial charge is 0.481 e. The van der Waals surface area contributed by atoms with Crippen LogP contribution in [0.5, 0.6) is 0 Å². The Labute approximate surface area is 125 Å². The minimum atomic E-state index is -0.861. The molecule has 4 nitrogen and oxygen atoms in total. The topological polar surface area (TPSA) is 66.4 Å². The zero-order chi connectivity index (χ0) is 15.2. The minimum absolute atomic E-state index is 0.0183. The molecular formula is C17H23NO3. The summed E-state index contributed by atoms with van der Waals surface area (Å²) in [5.74, 6) is -0.946. The van der Waals surface area contributed by atoms with Crippen molar-refractivity contribution in [2.75, 3.05) is 6.54 Å². The van der Waals surface area contributed by atoms with Crippen LogP contribution in [0.25, 0.3) is 0 Å². The number of carboxylic acids is 1. The summed E-state index contributed by atoms with van der Waals surface area (Å²) in [6, 6.07) is 7.84. The molecule has 1 unspecified atom stereocenters. The predicted octanol–water partition coefficient (Wildman–Crippen LogP) is 2.54. The molecule has 1 aromatic rings. The number of carboxylic acid groups (broad SMARTS) is 1. The van der Waals surface area contributed by atoms with Gasteiger partial charge in [-0.2, -0.15) is 0 Å². The quantitative estimate of drug-likeness (QED) is 0.810. The van der Waals surface area contributed by atoms with Crippen LogP contribution in [0, 0.1) is 18.8 Å². The molecule has 1 atom stereocenters. The summed E-state index contributed by atoms with van der Waals surface area (Å²) in [7, 11) is 0. The minimum Gasteiger partial charge on any atom is -0.481 e. The van der Waals surface area contributed by atoms with E-state index in [4.69, 9.17) is 0 Å². The van der Waals surface area contributed by atoms with Crippen LogP contribution in [0.15, 0.2) is 24.3 Å². The van der Waals surface area contributed by atoms with Crippen LogP contribution in [0.4, 0.5) is 0 Å². The number of rotatable bonds is 7. The zero-order valence-corrected chi connectivity index (χ0v) is 12.5. The van der Waals surface area contributed by atoms with E-state index in [1.165, 1.54) is 6.42 Å². The van der Waals surface area contributed by atoms with E-state index >= 15 is 0 Å². The summed E-state index contributed by atoms with van der Waals surface area (Å²) in [6.07, 6.45) is 4.44. The maximum Gasteiger partial charge on any atom is 0.308 e. The van der Waals surface area contributed by atoms with Gasteiger partial charge in [0.25, 0.3) is 0 Å². The molecule has 0 heterocycles. The fraction of sp³-hybridized carbons (Fsp3) is 0.529. The Kier molecular flexibility index (Phi) is 5.37. The van der Waals surface area contributed by atoms with Crippen molar-refractivity contribution in [3.8, 4) is 0 Å². The molecule has 1 aliphatic carbocycles. The standard InChI is InChI=1S/C17H23NO3/c1-12-4-2-7-14(8-12)9-15(17(20)21)11-18-16(19)10-13-5-3-6-13/h2,4,7-8,13,15H,3,5-6,9-11H2,1H3,(H,18,19)(H,20,21). The van der Waals surface area contributed by atoms with Crippen molar-refractivity contribution >= 4 is 11.9 Å². The van der Waals surface area contributed by atoms with Gasteiger partial charge in [-0.05, 0) is 37.7 Å². The Morgan fingerprint density at radius 1 is 1.38 bits per heavy atom. The van der Waals surface area contributed by atoms with E-state index in [0.717, 1.165) is 24.0 Å². The number of nitrogens with one attached hydrogen (secondary N) is 1. The lowest BCUT2D eigenvalue weighted by Gasteiger charge is -2.24. The lowest BCUT2D eigenvalue weighted by Crippen LogP contribution is -2.35. The first-order chi connectivity index (χ1) is 10.0. The van der Waals surface area contributed by atoms with E-state index in [9.17, 15) is 14.7 Å². The second kappa shape index (κ2) is 7.25. The second-order valence-corrected chi connectivity index (χ2v) is 6.03. The summed E-state index contributed by atoms with van der Waals surface area (Å²) < 4.78 is 0. The second-order valence-electron chi connectivity index (χ2n) is 6.03. The lowest BCUT2D eigenvalue weighted by atomic mass is 9.83. The van der Waals surface area contributed by atoms with Crippen LogP contribution in [0.2, 0.25) is 0 Å². The fourth-order valence-corrected chi connectivity index (χ4v) is 2.64. The van der Waals surface area contributed by atoms with Gasteiger partial charge in [0.05, 0.1) is 5.92 Å². The Balaban J connectivity index is 1.83. The van der Waals surface area contributed by atoms with Crippen LogP contribution in [0.1, 0.15) is 36.8 Å². The van der Waals surface area contributed by atoms with Crippen molar-refractivity contribution in [2.45, 2.75) is 39.0 Å². The molecule has 0 radical (unpaired) electrons. The molecule has 4 heteroatoms. The number of carbonyl (C=O) groups excluding carboxylic acids is 1. The molecule has 0 spiro atoms. The van der Waals surface area contributed by atoms with E-state index in [-0.39, 0.29) is 12.5 Å². The van der Waals surface area contributed by atoms with Gasteiger partial charge in [0.1, 0.15) is 0 Å². The van der Waals surface area contributed by atoms with E-state index in [1.54, 1.807) is 0 Å². The average molecular weight is 289 g/mol. The highest BCUT2D eigenvalue weighted by molar-refractivity contribution is 5.77. The summed E-state index contributed by atoms with van der Waals surface area (Å²) in [4.78, 5) is 23.1.